The third-order valence-corrected chi connectivity index (χ3v) is 8.44. The number of rotatable bonds is 7. The van der Waals surface area contributed by atoms with Crippen LogP contribution in [0.4, 0.5) is 5.00 Å². The van der Waals surface area contributed by atoms with Crippen molar-refractivity contribution in [2.45, 2.75) is 63.6 Å². The summed E-state index contributed by atoms with van der Waals surface area (Å²) in [4.78, 5) is 15.2. The largest absolute Gasteiger partial charge is 0.316 e. The van der Waals surface area contributed by atoms with Crippen LogP contribution in [0.3, 0.4) is 0 Å². The van der Waals surface area contributed by atoms with E-state index in [-0.39, 0.29) is 11.7 Å². The average molecular weight is 472 g/mol. The molecular formula is C22H25N5OS3. The molecule has 1 aliphatic carbocycles. The van der Waals surface area contributed by atoms with Crippen LogP contribution in [0.2, 0.25) is 0 Å². The first kappa shape index (κ1) is 22.1. The van der Waals surface area contributed by atoms with Crippen LogP contribution in [0.1, 0.15) is 59.3 Å². The van der Waals surface area contributed by atoms with Crippen LogP contribution in [0.25, 0.3) is 0 Å². The van der Waals surface area contributed by atoms with Crippen molar-refractivity contribution in [3.63, 3.8) is 0 Å². The van der Waals surface area contributed by atoms with Crippen molar-refractivity contribution >= 4 is 45.3 Å². The monoisotopic (exact) mass is 471 g/mol. The maximum absolute atomic E-state index is 12.7. The van der Waals surface area contributed by atoms with Gasteiger partial charge in [0.15, 0.2) is 5.16 Å². The zero-order valence-corrected chi connectivity index (χ0v) is 20.0. The number of nitriles is 1. The summed E-state index contributed by atoms with van der Waals surface area (Å²) in [7, 11) is 0. The molecule has 4 rings (SSSR count). The van der Waals surface area contributed by atoms with Gasteiger partial charge in [-0.25, -0.2) is 0 Å². The first-order chi connectivity index (χ1) is 15.2. The number of thiophene rings is 2. The van der Waals surface area contributed by atoms with E-state index >= 15 is 0 Å². The van der Waals surface area contributed by atoms with Gasteiger partial charge in [0.2, 0.25) is 5.91 Å². The topological polar surface area (TPSA) is 83.6 Å². The number of hydrogen-bond acceptors (Lipinski definition) is 7. The molecule has 0 spiro atoms. The summed E-state index contributed by atoms with van der Waals surface area (Å²) >= 11 is 4.67. The molecule has 0 bridgehead atoms. The molecule has 0 aliphatic heterocycles. The Morgan fingerprint density at radius 1 is 1.29 bits per heavy atom. The van der Waals surface area contributed by atoms with Crippen LogP contribution in [-0.2, 0) is 30.6 Å². The molecular weight excluding hydrogens is 446 g/mol. The number of nitrogens with one attached hydrogen (secondary N) is 1. The van der Waals surface area contributed by atoms with E-state index < -0.39 is 0 Å². The zero-order valence-electron chi connectivity index (χ0n) is 17.5. The number of anilines is 1. The predicted molar refractivity (Wildman–Crippen MR) is 127 cm³/mol. The van der Waals surface area contributed by atoms with Crippen molar-refractivity contribution in [3.05, 3.63) is 44.2 Å². The fourth-order valence-corrected chi connectivity index (χ4v) is 6.64. The van der Waals surface area contributed by atoms with Gasteiger partial charge >= 0.3 is 0 Å². The van der Waals surface area contributed by atoms with E-state index in [1.54, 1.807) is 22.7 Å². The second kappa shape index (κ2) is 10.4. The summed E-state index contributed by atoms with van der Waals surface area (Å²) in [5.74, 6) is 1.05. The highest BCUT2D eigenvalue weighted by atomic mass is 32.2. The molecule has 6 nitrogen and oxygen atoms in total. The molecule has 3 heterocycles. The Hall–Kier alpha value is -2.15. The first-order valence-corrected chi connectivity index (χ1v) is 13.3. The standard InChI is InChI=1S/C22H25N5OS3/c1-2-27-19(12-15-8-7-11-29-15)25-26-22(27)30-14-20(28)24-21-17(13-23)16-9-5-3-4-6-10-18(16)31-21/h7-8,11H,2-6,9-10,12,14H2,1H3,(H,24,28). The van der Waals surface area contributed by atoms with Crippen LogP contribution in [0, 0.1) is 11.3 Å². The minimum absolute atomic E-state index is 0.110. The molecule has 0 saturated carbocycles. The maximum Gasteiger partial charge on any atom is 0.235 e. The van der Waals surface area contributed by atoms with Gasteiger partial charge in [-0.2, -0.15) is 5.26 Å². The third-order valence-electron chi connectivity index (χ3n) is 5.39. The third kappa shape index (κ3) is 5.20. The van der Waals surface area contributed by atoms with E-state index in [0.717, 1.165) is 55.2 Å². The van der Waals surface area contributed by atoms with Crippen LogP contribution < -0.4 is 5.32 Å². The Balaban J connectivity index is 1.41. The lowest BCUT2D eigenvalue weighted by Crippen LogP contribution is -2.14. The molecule has 162 valence electrons. The van der Waals surface area contributed by atoms with Gasteiger partial charge in [0.1, 0.15) is 16.9 Å². The normalized spacial score (nSPS) is 13.8. The van der Waals surface area contributed by atoms with Gasteiger partial charge in [-0.05, 0) is 49.6 Å². The molecule has 0 aromatic carbocycles. The van der Waals surface area contributed by atoms with Gasteiger partial charge in [-0.1, -0.05) is 30.7 Å². The summed E-state index contributed by atoms with van der Waals surface area (Å²) in [6, 6.07) is 6.47. The fourth-order valence-electron chi connectivity index (χ4n) is 3.86. The molecule has 3 aromatic rings. The molecule has 0 saturated heterocycles. The van der Waals surface area contributed by atoms with Crippen LogP contribution in [0.15, 0.2) is 22.7 Å². The van der Waals surface area contributed by atoms with Gasteiger partial charge in [-0.3, -0.25) is 4.79 Å². The zero-order chi connectivity index (χ0) is 21.6. The van der Waals surface area contributed by atoms with E-state index in [0.29, 0.717) is 10.6 Å². The minimum atomic E-state index is -0.110. The van der Waals surface area contributed by atoms with Crippen molar-refractivity contribution in [2.24, 2.45) is 0 Å². The van der Waals surface area contributed by atoms with Crippen LogP contribution in [0.5, 0.6) is 0 Å². The molecule has 1 N–H and O–H groups in total. The van der Waals surface area contributed by atoms with Crippen molar-refractivity contribution < 1.29 is 4.79 Å². The fraction of sp³-hybridized carbons (Fsp3) is 0.455. The highest BCUT2D eigenvalue weighted by Gasteiger charge is 2.21. The number of carbonyl (C=O) groups is 1. The maximum atomic E-state index is 12.7. The molecule has 1 aliphatic rings. The van der Waals surface area contributed by atoms with E-state index in [2.05, 4.69) is 44.5 Å². The summed E-state index contributed by atoms with van der Waals surface area (Å²) in [5.41, 5.74) is 1.81. The Bertz CT molecular complexity index is 1080. The number of aromatic nitrogens is 3. The first-order valence-electron chi connectivity index (χ1n) is 10.6. The quantitative estimate of drug-likeness (QED) is 0.474. The van der Waals surface area contributed by atoms with Crippen molar-refractivity contribution in [3.8, 4) is 6.07 Å². The number of amides is 1. The number of aryl methyl sites for hydroxylation is 1. The molecule has 1 amide bonds. The van der Waals surface area contributed by atoms with Gasteiger partial charge in [-0.15, -0.1) is 32.9 Å². The number of hydrogen-bond donors (Lipinski definition) is 1. The van der Waals surface area contributed by atoms with E-state index in [9.17, 15) is 10.1 Å². The Morgan fingerprint density at radius 3 is 2.87 bits per heavy atom. The second-order valence-electron chi connectivity index (χ2n) is 7.47. The molecule has 0 unspecified atom stereocenters. The number of nitrogens with zero attached hydrogens (tertiary/aromatic N) is 4. The summed E-state index contributed by atoms with van der Waals surface area (Å²) in [6.45, 7) is 2.82. The van der Waals surface area contributed by atoms with E-state index in [1.165, 1.54) is 34.4 Å². The molecule has 9 heteroatoms. The Labute approximate surface area is 194 Å². The average Bonchev–Trinajstić information content (AvgIpc) is 3.46. The highest BCUT2D eigenvalue weighted by Crippen LogP contribution is 2.36. The second-order valence-corrected chi connectivity index (χ2v) is 10.5. The smallest absolute Gasteiger partial charge is 0.235 e. The van der Waals surface area contributed by atoms with Crippen molar-refractivity contribution in [2.75, 3.05) is 11.1 Å². The van der Waals surface area contributed by atoms with E-state index in [1.807, 2.05) is 6.07 Å². The lowest BCUT2D eigenvalue weighted by atomic mass is 9.97. The van der Waals surface area contributed by atoms with Gasteiger partial charge in [0.05, 0.1) is 11.3 Å². The predicted octanol–water partition coefficient (Wildman–Crippen LogP) is 5.27. The Morgan fingerprint density at radius 2 is 2.13 bits per heavy atom. The van der Waals surface area contributed by atoms with Gasteiger partial charge in [0, 0.05) is 22.7 Å². The lowest BCUT2D eigenvalue weighted by Gasteiger charge is -2.08. The number of carbonyl (C=O) groups excluding carboxylic acids is 1. The van der Waals surface area contributed by atoms with Crippen molar-refractivity contribution in [1.82, 2.24) is 14.8 Å². The lowest BCUT2D eigenvalue weighted by molar-refractivity contribution is -0.113. The number of thioether (sulfide) groups is 1. The van der Waals surface area contributed by atoms with Crippen LogP contribution >= 0.6 is 34.4 Å². The van der Waals surface area contributed by atoms with Gasteiger partial charge in [0.25, 0.3) is 0 Å². The van der Waals surface area contributed by atoms with E-state index in [4.69, 9.17) is 0 Å². The Kier molecular flexibility index (Phi) is 7.43. The summed E-state index contributed by atoms with van der Waals surface area (Å²) < 4.78 is 2.06. The summed E-state index contributed by atoms with van der Waals surface area (Å²) in [6.07, 6.45) is 7.41. The number of fused-ring (bicyclic) bond motifs is 1. The SMILES string of the molecule is CCn1c(Cc2cccs2)nnc1SCC(=O)Nc1sc2c(c1C#N)CCCCCC2. The summed E-state index contributed by atoms with van der Waals surface area (Å²) in [5, 5.41) is 24.9. The molecule has 0 fully saturated rings. The molecule has 31 heavy (non-hydrogen) atoms. The molecule has 3 aromatic heterocycles. The molecule has 0 radical (unpaired) electrons. The van der Waals surface area contributed by atoms with Gasteiger partial charge < -0.3 is 9.88 Å². The minimum Gasteiger partial charge on any atom is -0.316 e. The van der Waals surface area contributed by atoms with Crippen LogP contribution in [-0.4, -0.2) is 26.4 Å². The highest BCUT2D eigenvalue weighted by molar-refractivity contribution is 7.99. The molecule has 0 atom stereocenters. The van der Waals surface area contributed by atoms with Crippen molar-refractivity contribution in [1.29, 1.82) is 5.26 Å².